The maximum atomic E-state index is 11.1. The molecule has 0 aromatic carbocycles. The van der Waals surface area contributed by atoms with Crippen molar-refractivity contribution in [2.75, 3.05) is 0 Å². The third-order valence-electron chi connectivity index (χ3n) is 2.39. The number of primary amides is 1. The molecule has 0 atom stereocenters. The second-order valence-electron chi connectivity index (χ2n) is 4.19. The van der Waals surface area contributed by atoms with Crippen molar-refractivity contribution < 1.29 is 4.79 Å². The molecule has 0 saturated heterocycles. The number of carbonyl (C=O) groups excluding carboxylic acids is 1. The first kappa shape index (κ1) is 11.5. The number of rotatable bonds is 4. The van der Waals surface area contributed by atoms with E-state index in [4.69, 9.17) is 5.73 Å². The molecular weight excluding hydrogens is 218 g/mol. The zero-order valence-corrected chi connectivity index (χ0v) is 9.84. The van der Waals surface area contributed by atoms with Crippen LogP contribution in [-0.4, -0.2) is 26.5 Å². The van der Waals surface area contributed by atoms with E-state index in [1.165, 1.54) is 6.20 Å². The zero-order chi connectivity index (χ0) is 12.4. The standard InChI is InChI=1S/C11H15N5O/c1-7(2)13-3-8-4-14-11-9(10(12)17)5-15-16(11)6-8/h4-7,13H,3H2,1-2H3,(H2,12,17). The van der Waals surface area contributed by atoms with Crippen molar-refractivity contribution in [2.24, 2.45) is 5.73 Å². The van der Waals surface area contributed by atoms with Crippen molar-refractivity contribution in [3.63, 3.8) is 0 Å². The fourth-order valence-electron chi connectivity index (χ4n) is 1.50. The summed E-state index contributed by atoms with van der Waals surface area (Å²) < 4.78 is 1.57. The van der Waals surface area contributed by atoms with Crippen molar-refractivity contribution in [1.82, 2.24) is 19.9 Å². The first-order chi connectivity index (χ1) is 8.08. The van der Waals surface area contributed by atoms with Gasteiger partial charge in [-0.3, -0.25) is 4.79 Å². The molecule has 0 aliphatic rings. The molecule has 0 spiro atoms. The normalized spacial score (nSPS) is 11.2. The van der Waals surface area contributed by atoms with E-state index in [1.807, 2.05) is 6.20 Å². The predicted molar refractivity (Wildman–Crippen MR) is 63.5 cm³/mol. The molecule has 17 heavy (non-hydrogen) atoms. The number of nitrogens with one attached hydrogen (secondary N) is 1. The molecule has 90 valence electrons. The van der Waals surface area contributed by atoms with Crippen LogP contribution in [0.25, 0.3) is 5.65 Å². The number of hydrogen-bond acceptors (Lipinski definition) is 4. The second kappa shape index (κ2) is 4.50. The van der Waals surface area contributed by atoms with E-state index in [2.05, 4.69) is 29.2 Å². The van der Waals surface area contributed by atoms with E-state index in [0.717, 1.165) is 5.56 Å². The average molecular weight is 233 g/mol. The summed E-state index contributed by atoms with van der Waals surface area (Å²) >= 11 is 0. The minimum atomic E-state index is -0.513. The molecule has 0 fully saturated rings. The molecule has 2 aromatic rings. The van der Waals surface area contributed by atoms with Crippen LogP contribution >= 0.6 is 0 Å². The average Bonchev–Trinajstić information content (AvgIpc) is 2.69. The first-order valence-electron chi connectivity index (χ1n) is 5.43. The van der Waals surface area contributed by atoms with Crippen molar-refractivity contribution >= 4 is 11.6 Å². The summed E-state index contributed by atoms with van der Waals surface area (Å²) in [7, 11) is 0. The van der Waals surface area contributed by atoms with Crippen molar-refractivity contribution in [3.8, 4) is 0 Å². The molecular formula is C11H15N5O. The number of amides is 1. The Hall–Kier alpha value is -1.95. The van der Waals surface area contributed by atoms with Gasteiger partial charge in [-0.25, -0.2) is 9.50 Å². The Morgan fingerprint density at radius 2 is 2.29 bits per heavy atom. The number of nitrogens with zero attached hydrogens (tertiary/aromatic N) is 3. The molecule has 2 rings (SSSR count). The van der Waals surface area contributed by atoms with Gasteiger partial charge in [-0.15, -0.1) is 0 Å². The smallest absolute Gasteiger partial charge is 0.254 e. The molecule has 0 bridgehead atoms. The Balaban J connectivity index is 2.29. The van der Waals surface area contributed by atoms with Gasteiger partial charge in [0.05, 0.1) is 6.20 Å². The summed E-state index contributed by atoms with van der Waals surface area (Å²) in [6.45, 7) is 4.86. The van der Waals surface area contributed by atoms with Gasteiger partial charge >= 0.3 is 0 Å². The fraction of sp³-hybridized carbons (Fsp3) is 0.364. The highest BCUT2D eigenvalue weighted by molar-refractivity contribution is 5.98. The van der Waals surface area contributed by atoms with Gasteiger partial charge in [0.2, 0.25) is 0 Å². The van der Waals surface area contributed by atoms with Crippen LogP contribution in [0.4, 0.5) is 0 Å². The third-order valence-corrected chi connectivity index (χ3v) is 2.39. The Labute approximate surface area is 98.8 Å². The fourth-order valence-corrected chi connectivity index (χ4v) is 1.50. The Bertz CT molecular complexity index is 546. The topological polar surface area (TPSA) is 85.3 Å². The number of nitrogens with two attached hydrogens (primary N) is 1. The highest BCUT2D eigenvalue weighted by atomic mass is 16.1. The first-order valence-corrected chi connectivity index (χ1v) is 5.43. The van der Waals surface area contributed by atoms with Crippen LogP contribution in [-0.2, 0) is 6.54 Å². The lowest BCUT2D eigenvalue weighted by Gasteiger charge is -2.07. The van der Waals surface area contributed by atoms with Gasteiger partial charge < -0.3 is 11.1 Å². The van der Waals surface area contributed by atoms with Crippen molar-refractivity contribution in [1.29, 1.82) is 0 Å². The zero-order valence-electron chi connectivity index (χ0n) is 9.84. The summed E-state index contributed by atoms with van der Waals surface area (Å²) in [5.41, 5.74) is 7.05. The van der Waals surface area contributed by atoms with Gasteiger partial charge in [0.15, 0.2) is 5.65 Å². The van der Waals surface area contributed by atoms with Crippen molar-refractivity contribution in [3.05, 3.63) is 29.7 Å². The molecule has 6 nitrogen and oxygen atoms in total. The molecule has 0 aliphatic heterocycles. The third kappa shape index (κ3) is 2.42. The van der Waals surface area contributed by atoms with Crippen molar-refractivity contribution in [2.45, 2.75) is 26.4 Å². The van der Waals surface area contributed by atoms with Gasteiger partial charge in [0, 0.05) is 30.5 Å². The minimum absolute atomic E-state index is 0.341. The van der Waals surface area contributed by atoms with E-state index in [0.29, 0.717) is 23.8 Å². The minimum Gasteiger partial charge on any atom is -0.365 e. The molecule has 0 radical (unpaired) electrons. The summed E-state index contributed by atoms with van der Waals surface area (Å²) in [5.74, 6) is -0.513. The summed E-state index contributed by atoms with van der Waals surface area (Å²) in [4.78, 5) is 15.3. The quantitative estimate of drug-likeness (QED) is 0.796. The largest absolute Gasteiger partial charge is 0.365 e. The molecule has 2 aromatic heterocycles. The summed E-state index contributed by atoms with van der Waals surface area (Å²) in [6.07, 6.45) is 4.99. The highest BCUT2D eigenvalue weighted by Gasteiger charge is 2.10. The molecule has 0 aliphatic carbocycles. The second-order valence-corrected chi connectivity index (χ2v) is 4.19. The molecule has 0 unspecified atom stereocenters. The lowest BCUT2D eigenvalue weighted by Crippen LogP contribution is -2.22. The Morgan fingerprint density at radius 1 is 1.53 bits per heavy atom. The summed E-state index contributed by atoms with van der Waals surface area (Å²) in [6, 6.07) is 0.407. The van der Waals surface area contributed by atoms with E-state index < -0.39 is 5.91 Å². The molecule has 6 heteroatoms. The van der Waals surface area contributed by atoms with Crippen LogP contribution in [0.5, 0.6) is 0 Å². The van der Waals surface area contributed by atoms with Crippen LogP contribution < -0.4 is 11.1 Å². The molecule has 2 heterocycles. The molecule has 0 saturated carbocycles. The van der Waals surface area contributed by atoms with E-state index in [9.17, 15) is 4.79 Å². The Morgan fingerprint density at radius 3 is 2.94 bits per heavy atom. The van der Waals surface area contributed by atoms with Gasteiger partial charge in [-0.2, -0.15) is 5.10 Å². The van der Waals surface area contributed by atoms with E-state index >= 15 is 0 Å². The number of hydrogen-bond donors (Lipinski definition) is 2. The maximum absolute atomic E-state index is 11.1. The SMILES string of the molecule is CC(C)NCc1cnc2c(C(N)=O)cnn2c1. The molecule has 3 N–H and O–H groups in total. The number of fused-ring (bicyclic) bond motifs is 1. The van der Waals surface area contributed by atoms with Gasteiger partial charge in [0.1, 0.15) is 5.56 Å². The van der Waals surface area contributed by atoms with Crippen LogP contribution in [0, 0.1) is 0 Å². The number of carbonyl (C=O) groups is 1. The van der Waals surface area contributed by atoms with E-state index in [1.54, 1.807) is 10.7 Å². The lowest BCUT2D eigenvalue weighted by molar-refractivity contribution is 0.100. The van der Waals surface area contributed by atoms with Crippen LogP contribution in [0.3, 0.4) is 0 Å². The predicted octanol–water partition coefficient (Wildman–Crippen LogP) is 0.326. The maximum Gasteiger partial charge on any atom is 0.254 e. The lowest BCUT2D eigenvalue weighted by atomic mass is 10.3. The van der Waals surface area contributed by atoms with E-state index in [-0.39, 0.29) is 0 Å². The molecule has 1 amide bonds. The van der Waals surface area contributed by atoms with Crippen LogP contribution in [0.15, 0.2) is 18.6 Å². The van der Waals surface area contributed by atoms with Crippen LogP contribution in [0.2, 0.25) is 0 Å². The number of aromatic nitrogens is 3. The van der Waals surface area contributed by atoms with Gasteiger partial charge in [0.25, 0.3) is 5.91 Å². The summed E-state index contributed by atoms with van der Waals surface area (Å²) in [5, 5.41) is 7.34. The van der Waals surface area contributed by atoms with Crippen LogP contribution in [0.1, 0.15) is 29.8 Å². The monoisotopic (exact) mass is 233 g/mol. The highest BCUT2D eigenvalue weighted by Crippen LogP contribution is 2.08. The van der Waals surface area contributed by atoms with Gasteiger partial charge in [-0.1, -0.05) is 13.8 Å². The van der Waals surface area contributed by atoms with Gasteiger partial charge in [-0.05, 0) is 0 Å². The Kier molecular flexibility index (Phi) is 3.06.